The number of anilines is 1. The maximum absolute atomic E-state index is 13.1. The van der Waals surface area contributed by atoms with Crippen molar-refractivity contribution >= 4 is 28.4 Å². The molecule has 0 saturated carbocycles. The molecule has 30 heavy (non-hydrogen) atoms. The van der Waals surface area contributed by atoms with Crippen molar-refractivity contribution in [3.8, 4) is 11.3 Å². The predicted octanol–water partition coefficient (Wildman–Crippen LogP) is 4.72. The third-order valence-corrected chi connectivity index (χ3v) is 5.11. The lowest BCUT2D eigenvalue weighted by Gasteiger charge is -2.10. The van der Waals surface area contributed by atoms with Crippen molar-refractivity contribution in [1.29, 1.82) is 0 Å². The minimum Gasteiger partial charge on any atom is -0.336 e. The van der Waals surface area contributed by atoms with Crippen molar-refractivity contribution in [2.75, 3.05) is 5.32 Å². The van der Waals surface area contributed by atoms with E-state index in [4.69, 9.17) is 0 Å². The average Bonchev–Trinajstić information content (AvgIpc) is 3.07. The van der Waals surface area contributed by atoms with E-state index >= 15 is 0 Å². The largest absolute Gasteiger partial charge is 0.336 e. The van der Waals surface area contributed by atoms with Crippen LogP contribution in [0.1, 0.15) is 34.6 Å². The number of aryl methyl sites for hydroxylation is 1. The highest BCUT2D eigenvalue weighted by Crippen LogP contribution is 2.30. The van der Waals surface area contributed by atoms with Gasteiger partial charge in [-0.15, -0.1) is 11.3 Å². The molecule has 0 atom stereocenters. The standard InChI is InChI=1S/C22H23FN4O2S/c1-13(2)25-21(29)24-12-15-4-6-17(7-5-15)20(28)27-22-26-19(14(3)30-22)16-8-10-18(23)11-9-16/h4-11,13H,12H2,1-3H3,(H2,24,25,29)(H,26,27,28). The van der Waals surface area contributed by atoms with Gasteiger partial charge in [-0.1, -0.05) is 12.1 Å². The molecule has 0 radical (unpaired) electrons. The van der Waals surface area contributed by atoms with Gasteiger partial charge in [0.25, 0.3) is 5.91 Å². The summed E-state index contributed by atoms with van der Waals surface area (Å²) in [4.78, 5) is 29.6. The highest BCUT2D eigenvalue weighted by Gasteiger charge is 2.13. The minimum atomic E-state index is -0.306. The van der Waals surface area contributed by atoms with Gasteiger partial charge in [0.1, 0.15) is 5.82 Å². The first-order valence-corrected chi connectivity index (χ1v) is 10.3. The Labute approximate surface area is 178 Å². The van der Waals surface area contributed by atoms with Gasteiger partial charge in [0, 0.05) is 28.6 Å². The van der Waals surface area contributed by atoms with Gasteiger partial charge in [0.15, 0.2) is 5.13 Å². The summed E-state index contributed by atoms with van der Waals surface area (Å²) >= 11 is 1.36. The number of hydrogen-bond donors (Lipinski definition) is 3. The zero-order valence-electron chi connectivity index (χ0n) is 17.0. The lowest BCUT2D eigenvalue weighted by Crippen LogP contribution is -2.39. The number of nitrogens with zero attached hydrogens (tertiary/aromatic N) is 1. The Balaban J connectivity index is 1.61. The lowest BCUT2D eigenvalue weighted by molar-refractivity contribution is 0.102. The number of urea groups is 1. The monoisotopic (exact) mass is 426 g/mol. The molecule has 0 aliphatic rings. The molecule has 3 amide bonds. The van der Waals surface area contributed by atoms with E-state index in [-0.39, 0.29) is 23.8 Å². The van der Waals surface area contributed by atoms with E-state index in [0.29, 0.717) is 17.2 Å². The number of amides is 3. The van der Waals surface area contributed by atoms with E-state index in [9.17, 15) is 14.0 Å². The summed E-state index contributed by atoms with van der Waals surface area (Å²) in [5.41, 5.74) is 2.89. The van der Waals surface area contributed by atoms with Crippen molar-refractivity contribution in [2.45, 2.75) is 33.4 Å². The Kier molecular flexibility index (Phi) is 6.79. The molecule has 0 bridgehead atoms. The Hall–Kier alpha value is -3.26. The smallest absolute Gasteiger partial charge is 0.315 e. The number of carbonyl (C=O) groups is 2. The van der Waals surface area contributed by atoms with Crippen LogP contribution in [-0.2, 0) is 6.54 Å². The molecule has 2 aromatic carbocycles. The van der Waals surface area contributed by atoms with Crippen molar-refractivity contribution < 1.29 is 14.0 Å². The van der Waals surface area contributed by atoms with Gasteiger partial charge in [-0.25, -0.2) is 14.2 Å². The normalized spacial score (nSPS) is 10.7. The second-order valence-electron chi connectivity index (χ2n) is 7.06. The molecule has 156 valence electrons. The molecule has 0 unspecified atom stereocenters. The molecule has 6 nitrogen and oxygen atoms in total. The molecule has 0 spiro atoms. The summed E-state index contributed by atoms with van der Waals surface area (Å²) in [7, 11) is 0. The number of aromatic nitrogens is 1. The van der Waals surface area contributed by atoms with E-state index in [1.807, 2.05) is 20.8 Å². The Bertz CT molecular complexity index is 1030. The fraction of sp³-hybridized carbons (Fsp3) is 0.227. The first kappa shape index (κ1) is 21.4. The summed E-state index contributed by atoms with van der Waals surface area (Å²) in [6.07, 6.45) is 0. The predicted molar refractivity (Wildman–Crippen MR) is 117 cm³/mol. The van der Waals surface area contributed by atoms with Crippen molar-refractivity contribution in [2.24, 2.45) is 0 Å². The van der Waals surface area contributed by atoms with Gasteiger partial charge in [-0.05, 0) is 62.7 Å². The van der Waals surface area contributed by atoms with Crippen LogP contribution in [0.15, 0.2) is 48.5 Å². The Morgan fingerprint density at radius 3 is 2.37 bits per heavy atom. The van der Waals surface area contributed by atoms with Crippen molar-refractivity contribution in [3.63, 3.8) is 0 Å². The maximum Gasteiger partial charge on any atom is 0.315 e. The van der Waals surface area contributed by atoms with E-state index in [1.165, 1.54) is 23.5 Å². The summed E-state index contributed by atoms with van der Waals surface area (Å²) in [5, 5.41) is 8.80. The number of hydrogen-bond acceptors (Lipinski definition) is 4. The van der Waals surface area contributed by atoms with Gasteiger partial charge >= 0.3 is 6.03 Å². The van der Waals surface area contributed by atoms with Crippen LogP contribution in [0, 0.1) is 12.7 Å². The summed E-state index contributed by atoms with van der Waals surface area (Å²) in [6.45, 7) is 6.05. The van der Waals surface area contributed by atoms with Crippen LogP contribution in [0.3, 0.4) is 0 Å². The van der Waals surface area contributed by atoms with E-state index in [1.54, 1.807) is 36.4 Å². The van der Waals surface area contributed by atoms with Crippen LogP contribution in [0.5, 0.6) is 0 Å². The molecule has 3 rings (SSSR count). The van der Waals surface area contributed by atoms with Crippen LogP contribution in [-0.4, -0.2) is 23.0 Å². The first-order valence-electron chi connectivity index (χ1n) is 9.50. The maximum atomic E-state index is 13.1. The molecule has 1 heterocycles. The average molecular weight is 427 g/mol. The quantitative estimate of drug-likeness (QED) is 0.533. The number of rotatable bonds is 6. The van der Waals surface area contributed by atoms with E-state index in [0.717, 1.165) is 21.7 Å². The third kappa shape index (κ3) is 5.64. The summed E-state index contributed by atoms with van der Waals surface area (Å²) < 4.78 is 13.1. The molecular weight excluding hydrogens is 403 g/mol. The first-order chi connectivity index (χ1) is 14.3. The van der Waals surface area contributed by atoms with Gasteiger partial charge in [-0.2, -0.15) is 0 Å². The number of thiazole rings is 1. The topological polar surface area (TPSA) is 83.1 Å². The van der Waals surface area contributed by atoms with Crippen LogP contribution < -0.4 is 16.0 Å². The molecule has 0 fully saturated rings. The molecule has 0 aliphatic heterocycles. The van der Waals surface area contributed by atoms with Crippen molar-refractivity contribution in [1.82, 2.24) is 15.6 Å². The Morgan fingerprint density at radius 2 is 1.73 bits per heavy atom. The fourth-order valence-electron chi connectivity index (χ4n) is 2.76. The number of carbonyl (C=O) groups excluding carboxylic acids is 2. The number of nitrogens with one attached hydrogen (secondary N) is 3. The van der Waals surface area contributed by atoms with Gasteiger partial charge < -0.3 is 10.6 Å². The molecule has 0 saturated heterocycles. The molecule has 3 N–H and O–H groups in total. The van der Waals surface area contributed by atoms with Crippen LogP contribution in [0.4, 0.5) is 14.3 Å². The zero-order valence-corrected chi connectivity index (χ0v) is 17.8. The highest BCUT2D eigenvalue weighted by molar-refractivity contribution is 7.16. The summed E-state index contributed by atoms with van der Waals surface area (Å²) in [6, 6.07) is 12.9. The second kappa shape index (κ2) is 9.49. The molecule has 8 heteroatoms. The molecule has 3 aromatic rings. The molecular formula is C22H23FN4O2S. The molecule has 1 aromatic heterocycles. The van der Waals surface area contributed by atoms with Gasteiger partial charge in [0.05, 0.1) is 5.69 Å². The summed E-state index contributed by atoms with van der Waals surface area (Å²) in [5.74, 6) is -0.578. The van der Waals surface area contributed by atoms with Gasteiger partial charge in [0.2, 0.25) is 0 Å². The lowest BCUT2D eigenvalue weighted by atomic mass is 10.1. The number of halogens is 1. The highest BCUT2D eigenvalue weighted by atomic mass is 32.1. The third-order valence-electron chi connectivity index (χ3n) is 4.22. The zero-order chi connectivity index (χ0) is 21.7. The SMILES string of the molecule is Cc1sc(NC(=O)c2ccc(CNC(=O)NC(C)C)cc2)nc1-c1ccc(F)cc1. The minimum absolute atomic E-state index is 0.0640. The fourth-order valence-corrected chi connectivity index (χ4v) is 3.60. The van der Waals surface area contributed by atoms with Gasteiger partial charge in [-0.3, -0.25) is 10.1 Å². The molecule has 0 aliphatic carbocycles. The van der Waals surface area contributed by atoms with Crippen LogP contribution in [0.25, 0.3) is 11.3 Å². The van der Waals surface area contributed by atoms with Crippen LogP contribution in [0.2, 0.25) is 0 Å². The number of benzene rings is 2. The van der Waals surface area contributed by atoms with E-state index in [2.05, 4.69) is 20.9 Å². The second-order valence-corrected chi connectivity index (χ2v) is 8.27. The van der Waals surface area contributed by atoms with Crippen molar-refractivity contribution in [3.05, 3.63) is 70.4 Å². The van der Waals surface area contributed by atoms with E-state index < -0.39 is 0 Å². The van der Waals surface area contributed by atoms with Crippen LogP contribution >= 0.6 is 11.3 Å². The Morgan fingerprint density at radius 1 is 1.07 bits per heavy atom.